The van der Waals surface area contributed by atoms with Crippen LogP contribution in [0.4, 0.5) is 0 Å². The summed E-state index contributed by atoms with van der Waals surface area (Å²) in [5, 5.41) is 8.93. The van der Waals surface area contributed by atoms with E-state index in [2.05, 4.69) is 20.9 Å². The van der Waals surface area contributed by atoms with Crippen LogP contribution < -0.4 is 9.47 Å². The van der Waals surface area contributed by atoms with Crippen molar-refractivity contribution in [1.82, 2.24) is 9.88 Å². The zero-order valence-electron chi connectivity index (χ0n) is 15.1. The van der Waals surface area contributed by atoms with Gasteiger partial charge in [0.15, 0.2) is 11.5 Å². The van der Waals surface area contributed by atoms with Crippen LogP contribution in [-0.2, 0) is 16.2 Å². The number of thiocarbonyl (C=S) groups is 1. The molecule has 0 spiro atoms. The van der Waals surface area contributed by atoms with E-state index in [0.29, 0.717) is 26.4 Å². The van der Waals surface area contributed by atoms with E-state index >= 15 is 0 Å². The number of pyridine rings is 1. The number of carboxylic acid groups (broad SMARTS) is 1. The second kappa shape index (κ2) is 9.38. The third-order valence-electron chi connectivity index (χ3n) is 3.81. The number of benzene rings is 1. The molecule has 0 saturated carbocycles. The Morgan fingerprint density at radius 1 is 1.41 bits per heavy atom. The second-order valence-corrected chi connectivity index (χ2v) is 8.34. The minimum Gasteiger partial charge on any atom is -0.493 e. The van der Waals surface area contributed by atoms with Gasteiger partial charge < -0.3 is 14.6 Å². The third-order valence-corrected chi connectivity index (χ3v) is 5.77. The van der Waals surface area contributed by atoms with Crippen LogP contribution in [-0.4, -0.2) is 44.8 Å². The van der Waals surface area contributed by atoms with Gasteiger partial charge in [-0.05, 0) is 51.8 Å². The van der Waals surface area contributed by atoms with Crippen molar-refractivity contribution in [2.24, 2.45) is 0 Å². The lowest BCUT2D eigenvalue weighted by Crippen LogP contribution is -2.33. The highest BCUT2D eigenvalue weighted by molar-refractivity contribution is 9.10. The normalized spacial score (nSPS) is 15.1. The number of halogens is 1. The molecule has 0 atom stereocenters. The van der Waals surface area contributed by atoms with Gasteiger partial charge >= 0.3 is 5.97 Å². The summed E-state index contributed by atoms with van der Waals surface area (Å²) >= 11 is 9.64. The maximum absolute atomic E-state index is 12.4. The van der Waals surface area contributed by atoms with E-state index in [1.54, 1.807) is 24.4 Å². The molecule has 1 aliphatic rings. The molecule has 1 saturated heterocycles. The molecule has 29 heavy (non-hydrogen) atoms. The van der Waals surface area contributed by atoms with Gasteiger partial charge in [0.25, 0.3) is 5.91 Å². The van der Waals surface area contributed by atoms with Crippen molar-refractivity contribution in [2.75, 3.05) is 13.7 Å². The summed E-state index contributed by atoms with van der Waals surface area (Å²) in [4.78, 5) is 29.0. The molecule has 0 aliphatic carbocycles. The molecular weight excluding hydrogens is 480 g/mol. The zero-order valence-corrected chi connectivity index (χ0v) is 18.3. The molecule has 1 aromatic heterocycles. The van der Waals surface area contributed by atoms with Crippen molar-refractivity contribution in [3.63, 3.8) is 0 Å². The molecule has 0 bridgehead atoms. The molecule has 2 heterocycles. The molecular formula is C19H15BrN2O5S2. The summed E-state index contributed by atoms with van der Waals surface area (Å²) in [6.45, 7) is -0.196. The highest BCUT2D eigenvalue weighted by atomic mass is 79.9. The van der Waals surface area contributed by atoms with Crippen LogP contribution in [0.3, 0.4) is 0 Å². The molecule has 1 amide bonds. The Hall–Kier alpha value is -2.43. The van der Waals surface area contributed by atoms with Crippen LogP contribution in [0.1, 0.15) is 11.3 Å². The predicted octanol–water partition coefficient (Wildman–Crippen LogP) is 3.72. The first-order valence-corrected chi connectivity index (χ1v) is 10.3. The van der Waals surface area contributed by atoms with Crippen molar-refractivity contribution in [1.29, 1.82) is 0 Å². The number of carbonyl (C=O) groups is 2. The summed E-state index contributed by atoms with van der Waals surface area (Å²) in [7, 11) is 1.52. The largest absolute Gasteiger partial charge is 0.493 e. The fourth-order valence-corrected chi connectivity index (χ4v) is 4.35. The first kappa shape index (κ1) is 21.3. The Morgan fingerprint density at radius 3 is 2.86 bits per heavy atom. The highest BCUT2D eigenvalue weighted by Gasteiger charge is 2.33. The first-order chi connectivity index (χ1) is 13.9. The molecule has 150 valence electrons. The van der Waals surface area contributed by atoms with Crippen molar-refractivity contribution < 1.29 is 24.2 Å². The van der Waals surface area contributed by atoms with Gasteiger partial charge in [0.2, 0.25) is 0 Å². The number of nitrogens with zero attached hydrogens (tertiary/aromatic N) is 2. The molecule has 10 heteroatoms. The number of carboxylic acids is 1. The lowest BCUT2D eigenvalue weighted by Gasteiger charge is -2.13. The number of ether oxygens (including phenoxy) is 2. The molecule has 2 aromatic rings. The van der Waals surface area contributed by atoms with Crippen molar-refractivity contribution in [2.45, 2.75) is 6.61 Å². The molecule has 1 N–H and O–H groups in total. The average molecular weight is 495 g/mol. The number of rotatable bonds is 7. The quantitative estimate of drug-likeness (QED) is 0.460. The van der Waals surface area contributed by atoms with E-state index in [4.69, 9.17) is 26.8 Å². The Labute approximate surface area is 184 Å². The summed E-state index contributed by atoms with van der Waals surface area (Å²) in [6, 6.07) is 9.06. The van der Waals surface area contributed by atoms with E-state index < -0.39 is 18.4 Å². The summed E-state index contributed by atoms with van der Waals surface area (Å²) < 4.78 is 12.1. The van der Waals surface area contributed by atoms with Gasteiger partial charge in [0.05, 0.1) is 22.2 Å². The predicted molar refractivity (Wildman–Crippen MR) is 117 cm³/mol. The minimum absolute atomic E-state index is 0.213. The topological polar surface area (TPSA) is 89.0 Å². The Bertz CT molecular complexity index is 998. The lowest BCUT2D eigenvalue weighted by atomic mass is 10.2. The van der Waals surface area contributed by atoms with E-state index in [1.807, 2.05) is 18.2 Å². The monoisotopic (exact) mass is 494 g/mol. The minimum atomic E-state index is -1.12. The fraction of sp³-hybridized carbons (Fsp3) is 0.158. The van der Waals surface area contributed by atoms with E-state index in [9.17, 15) is 9.59 Å². The van der Waals surface area contributed by atoms with Gasteiger partial charge in [-0.1, -0.05) is 30.0 Å². The van der Waals surface area contributed by atoms with Crippen LogP contribution in [0.5, 0.6) is 11.5 Å². The van der Waals surface area contributed by atoms with Crippen molar-refractivity contribution in [3.05, 3.63) is 57.2 Å². The number of amides is 1. The Balaban J connectivity index is 1.83. The number of methoxy groups -OCH3 is 1. The second-order valence-electron chi connectivity index (χ2n) is 5.81. The Kier molecular flexibility index (Phi) is 6.88. The lowest BCUT2D eigenvalue weighted by molar-refractivity contribution is -0.140. The molecule has 0 unspecified atom stereocenters. The van der Waals surface area contributed by atoms with Gasteiger partial charge in [0, 0.05) is 6.20 Å². The number of thioether (sulfide) groups is 1. The van der Waals surface area contributed by atoms with Gasteiger partial charge in [0.1, 0.15) is 17.5 Å². The zero-order chi connectivity index (χ0) is 21.0. The first-order valence-electron chi connectivity index (χ1n) is 8.26. The van der Waals surface area contributed by atoms with Crippen molar-refractivity contribution in [3.8, 4) is 11.5 Å². The van der Waals surface area contributed by atoms with Crippen LogP contribution in [0, 0.1) is 0 Å². The van der Waals surface area contributed by atoms with Gasteiger partial charge in [-0.3, -0.25) is 19.5 Å². The fourth-order valence-electron chi connectivity index (χ4n) is 2.52. The van der Waals surface area contributed by atoms with Gasteiger partial charge in [-0.15, -0.1) is 0 Å². The number of aromatic nitrogens is 1. The van der Waals surface area contributed by atoms with Crippen LogP contribution in [0.2, 0.25) is 0 Å². The number of aliphatic carboxylic acids is 1. The highest BCUT2D eigenvalue weighted by Crippen LogP contribution is 2.39. The number of hydrogen-bond acceptors (Lipinski definition) is 7. The summed E-state index contributed by atoms with van der Waals surface area (Å²) in [5.74, 6) is -0.578. The molecule has 7 nitrogen and oxygen atoms in total. The van der Waals surface area contributed by atoms with Gasteiger partial charge in [-0.2, -0.15) is 0 Å². The molecule has 1 fully saturated rings. The summed E-state index contributed by atoms with van der Waals surface area (Å²) in [5.41, 5.74) is 1.45. The molecule has 1 aromatic carbocycles. The van der Waals surface area contributed by atoms with E-state index in [0.717, 1.165) is 22.4 Å². The molecule has 0 radical (unpaired) electrons. The third kappa shape index (κ3) is 5.14. The van der Waals surface area contributed by atoms with E-state index in [1.165, 1.54) is 7.11 Å². The van der Waals surface area contributed by atoms with E-state index in [-0.39, 0.29) is 10.9 Å². The average Bonchev–Trinajstić information content (AvgIpc) is 2.94. The van der Waals surface area contributed by atoms with Crippen molar-refractivity contribution >= 4 is 62.2 Å². The molecule has 3 rings (SSSR count). The molecule has 1 aliphatic heterocycles. The standard InChI is InChI=1S/C19H15BrN2O5S2/c1-26-14-7-11(8-15-18(25)22(9-16(23)24)19(28)29-15)6-13(20)17(14)27-10-12-4-2-3-5-21-12/h2-8H,9-10H2,1H3,(H,23,24). The maximum atomic E-state index is 12.4. The number of carbonyl (C=O) groups excluding carboxylic acids is 1. The van der Waals surface area contributed by atoms with Crippen LogP contribution in [0.15, 0.2) is 45.9 Å². The number of hydrogen-bond donors (Lipinski definition) is 1. The van der Waals surface area contributed by atoms with Gasteiger partial charge in [-0.25, -0.2) is 0 Å². The SMILES string of the molecule is COc1cc(C=C2SC(=S)N(CC(=O)O)C2=O)cc(Br)c1OCc1ccccn1. The van der Waals surface area contributed by atoms with Crippen LogP contribution in [0.25, 0.3) is 6.08 Å². The summed E-state index contributed by atoms with van der Waals surface area (Å²) in [6.07, 6.45) is 3.32. The van der Waals surface area contributed by atoms with Crippen LogP contribution >= 0.6 is 39.9 Å². The Morgan fingerprint density at radius 2 is 2.21 bits per heavy atom. The maximum Gasteiger partial charge on any atom is 0.323 e. The smallest absolute Gasteiger partial charge is 0.323 e.